The van der Waals surface area contributed by atoms with Gasteiger partial charge in [0.2, 0.25) is 0 Å². The summed E-state index contributed by atoms with van der Waals surface area (Å²) in [6.45, 7) is -0.815. The molecule has 0 amide bonds. The fraction of sp³-hybridized carbons (Fsp3) is 0.800. The second-order valence-electron chi connectivity index (χ2n) is 1.54. The van der Waals surface area contributed by atoms with Gasteiger partial charge in [-0.1, -0.05) is 0 Å². The molecule has 4 heteroatoms. The molecule has 0 aromatic heterocycles. The highest BCUT2D eigenvalue weighted by atomic mass is 19.1. The van der Waals surface area contributed by atoms with Crippen LogP contribution in [0, 0.1) is 0 Å². The van der Waals surface area contributed by atoms with Crippen molar-refractivity contribution in [2.75, 3.05) is 13.3 Å². The molecule has 0 radical (unpaired) electrons. The van der Waals surface area contributed by atoms with Gasteiger partial charge in [0.15, 0.2) is 6.10 Å². The van der Waals surface area contributed by atoms with E-state index in [1.807, 2.05) is 0 Å². The molecule has 0 N–H and O–H groups in total. The van der Waals surface area contributed by atoms with Crippen molar-refractivity contribution in [2.24, 2.45) is 0 Å². The third kappa shape index (κ3) is 3.88. The maximum Gasteiger partial charge on any atom is 0.303 e. The minimum absolute atomic E-state index is 0.657. The summed E-state index contributed by atoms with van der Waals surface area (Å²) in [5.74, 6) is -0.657. The van der Waals surface area contributed by atoms with Crippen LogP contribution >= 0.6 is 0 Å². The van der Waals surface area contributed by atoms with E-state index in [2.05, 4.69) is 4.74 Å². The Labute approximate surface area is 51.8 Å². The van der Waals surface area contributed by atoms with E-state index < -0.39 is 25.4 Å². The lowest BCUT2D eigenvalue weighted by atomic mass is 10.4. The molecule has 54 valence electrons. The molecule has 9 heavy (non-hydrogen) atoms. The maximum atomic E-state index is 11.5. The molecular weight excluding hydrogens is 130 g/mol. The number of alkyl halides is 2. The normalized spacial score (nSPS) is 9.78. The second kappa shape index (κ2) is 4.23. The lowest BCUT2D eigenvalue weighted by Gasteiger charge is -2.07. The summed E-state index contributed by atoms with van der Waals surface area (Å²) in [6, 6.07) is 0. The Hall–Kier alpha value is -0.670. The fourth-order valence-corrected chi connectivity index (χ4v) is 0.339. The molecule has 0 spiro atoms. The van der Waals surface area contributed by atoms with Crippen LogP contribution in [0.5, 0.6) is 0 Å². The van der Waals surface area contributed by atoms with Crippen molar-refractivity contribution in [3.05, 3.63) is 0 Å². The monoisotopic (exact) mass is 138 g/mol. The van der Waals surface area contributed by atoms with E-state index in [0.29, 0.717) is 0 Å². The zero-order valence-electron chi connectivity index (χ0n) is 5.06. The molecule has 0 aliphatic carbocycles. The van der Waals surface area contributed by atoms with Gasteiger partial charge in [-0.2, -0.15) is 0 Å². The molecule has 0 heterocycles. The first-order valence-electron chi connectivity index (χ1n) is 2.49. The third-order valence-electron chi connectivity index (χ3n) is 0.677. The highest BCUT2D eigenvalue weighted by Gasteiger charge is 2.09. The third-order valence-corrected chi connectivity index (χ3v) is 0.677. The van der Waals surface area contributed by atoms with Crippen molar-refractivity contribution in [3.63, 3.8) is 0 Å². The summed E-state index contributed by atoms with van der Waals surface area (Å²) < 4.78 is 27.2. The van der Waals surface area contributed by atoms with E-state index in [1.165, 1.54) is 0 Å². The largest absolute Gasteiger partial charge is 0.457 e. The van der Waals surface area contributed by atoms with Gasteiger partial charge in [0.25, 0.3) is 0 Å². The number of hydrogen-bond donors (Lipinski definition) is 0. The molecule has 0 rings (SSSR count). The SMILES string of the molecule is CC(=O)OC(CF)CF. The van der Waals surface area contributed by atoms with Crippen LogP contribution in [-0.2, 0) is 9.53 Å². The molecule has 0 aromatic carbocycles. The fourth-order valence-electron chi connectivity index (χ4n) is 0.339. The summed E-state index contributed by atoms with van der Waals surface area (Å²) in [5, 5.41) is 0. The number of ether oxygens (including phenoxy) is 1. The van der Waals surface area contributed by atoms with Crippen molar-refractivity contribution in [1.29, 1.82) is 0 Å². The molecule has 0 atom stereocenters. The second-order valence-corrected chi connectivity index (χ2v) is 1.54. The van der Waals surface area contributed by atoms with Crippen molar-refractivity contribution in [3.8, 4) is 0 Å². The van der Waals surface area contributed by atoms with Crippen LogP contribution in [-0.4, -0.2) is 25.4 Å². The number of carbonyl (C=O) groups is 1. The predicted molar refractivity (Wildman–Crippen MR) is 27.5 cm³/mol. The summed E-state index contributed by atoms with van der Waals surface area (Å²) in [5.41, 5.74) is 0. The van der Waals surface area contributed by atoms with Gasteiger partial charge in [-0.15, -0.1) is 0 Å². The van der Waals surface area contributed by atoms with Crippen molar-refractivity contribution in [2.45, 2.75) is 13.0 Å². The average Bonchev–Trinajstić information content (AvgIpc) is 1.82. The molecule has 2 nitrogen and oxygen atoms in total. The van der Waals surface area contributed by atoms with E-state index in [-0.39, 0.29) is 0 Å². The van der Waals surface area contributed by atoms with Crippen LogP contribution in [0.1, 0.15) is 6.92 Å². The topological polar surface area (TPSA) is 26.3 Å². The van der Waals surface area contributed by atoms with E-state index in [1.54, 1.807) is 0 Å². The predicted octanol–water partition coefficient (Wildman–Crippen LogP) is 0.857. The Bertz CT molecular complexity index is 91.0. The van der Waals surface area contributed by atoms with E-state index in [0.717, 1.165) is 6.92 Å². The number of carbonyl (C=O) groups excluding carboxylic acids is 1. The smallest absolute Gasteiger partial charge is 0.303 e. The minimum atomic E-state index is -1.21. The average molecular weight is 138 g/mol. The van der Waals surface area contributed by atoms with Gasteiger partial charge in [-0.25, -0.2) is 8.78 Å². The van der Waals surface area contributed by atoms with E-state index >= 15 is 0 Å². The quantitative estimate of drug-likeness (QED) is 0.540. The number of rotatable bonds is 3. The molecule has 0 unspecified atom stereocenters. The van der Waals surface area contributed by atoms with Crippen LogP contribution in [0.4, 0.5) is 8.78 Å². The van der Waals surface area contributed by atoms with Crippen molar-refractivity contribution < 1.29 is 18.3 Å². The Morgan fingerprint density at radius 3 is 2.11 bits per heavy atom. The highest BCUT2D eigenvalue weighted by molar-refractivity contribution is 5.66. The minimum Gasteiger partial charge on any atom is -0.457 e. The first kappa shape index (κ1) is 8.33. The van der Waals surface area contributed by atoms with Crippen LogP contribution in [0.25, 0.3) is 0 Å². The number of halogens is 2. The Morgan fingerprint density at radius 2 is 2.00 bits per heavy atom. The van der Waals surface area contributed by atoms with Gasteiger partial charge in [-0.05, 0) is 0 Å². The summed E-state index contributed by atoms with van der Waals surface area (Å²) in [7, 11) is 0. The molecular formula is C5H8F2O2. The lowest BCUT2D eigenvalue weighted by molar-refractivity contribution is -0.147. The molecule has 0 aliphatic heterocycles. The standard InChI is InChI=1S/C5H8F2O2/c1-4(8)9-5(2-6)3-7/h5H,2-3H2,1H3. The van der Waals surface area contributed by atoms with Gasteiger partial charge >= 0.3 is 5.97 Å². The van der Waals surface area contributed by atoms with Crippen LogP contribution in [0.2, 0.25) is 0 Å². The maximum absolute atomic E-state index is 11.5. The summed E-state index contributed by atoms with van der Waals surface area (Å²) in [4.78, 5) is 10.0. The van der Waals surface area contributed by atoms with Crippen molar-refractivity contribution in [1.82, 2.24) is 0 Å². The first-order valence-corrected chi connectivity index (χ1v) is 2.49. The van der Waals surface area contributed by atoms with Gasteiger partial charge in [0.05, 0.1) is 0 Å². The number of esters is 1. The van der Waals surface area contributed by atoms with Crippen LogP contribution < -0.4 is 0 Å². The van der Waals surface area contributed by atoms with Crippen LogP contribution in [0.3, 0.4) is 0 Å². The zero-order chi connectivity index (χ0) is 7.28. The molecule has 0 fully saturated rings. The van der Waals surface area contributed by atoms with Gasteiger partial charge in [0.1, 0.15) is 13.3 Å². The summed E-state index contributed by atoms with van der Waals surface area (Å²) in [6.07, 6.45) is -1.21. The molecule has 0 saturated carbocycles. The zero-order valence-corrected chi connectivity index (χ0v) is 5.06. The van der Waals surface area contributed by atoms with Gasteiger partial charge in [0, 0.05) is 6.92 Å². The Morgan fingerprint density at radius 1 is 1.56 bits per heavy atom. The molecule has 0 aliphatic rings. The van der Waals surface area contributed by atoms with Crippen molar-refractivity contribution >= 4 is 5.97 Å². The molecule has 0 saturated heterocycles. The highest BCUT2D eigenvalue weighted by Crippen LogP contribution is 1.93. The molecule has 0 bridgehead atoms. The Balaban J connectivity index is 3.43. The number of hydrogen-bond acceptors (Lipinski definition) is 2. The Kier molecular flexibility index (Phi) is 3.92. The first-order chi connectivity index (χ1) is 4.20. The van der Waals surface area contributed by atoms with Crippen LogP contribution in [0.15, 0.2) is 0 Å². The van der Waals surface area contributed by atoms with Gasteiger partial charge < -0.3 is 4.74 Å². The van der Waals surface area contributed by atoms with E-state index in [4.69, 9.17) is 0 Å². The molecule has 0 aromatic rings. The van der Waals surface area contributed by atoms with E-state index in [9.17, 15) is 13.6 Å². The van der Waals surface area contributed by atoms with Gasteiger partial charge in [-0.3, -0.25) is 4.79 Å². The lowest BCUT2D eigenvalue weighted by Crippen LogP contribution is -2.20. The summed E-state index contributed by atoms with van der Waals surface area (Å²) >= 11 is 0.